The number of carbonyl (C=O) groups excluding carboxylic acids is 1. The molecule has 1 fully saturated rings. The summed E-state index contributed by atoms with van der Waals surface area (Å²) < 4.78 is 27.9. The van der Waals surface area contributed by atoms with Gasteiger partial charge in [-0.3, -0.25) is 14.2 Å². The Morgan fingerprint density at radius 2 is 1.93 bits per heavy atom. The van der Waals surface area contributed by atoms with E-state index in [0.717, 1.165) is 12.1 Å². The second-order valence-corrected chi connectivity index (χ2v) is 8.65. The molecule has 1 aromatic heterocycles. The SMILES string of the molecule is CCCS(=O)(=O)Nc1ccc(NC(=O)[C@H]2CNC[C@@H]2c2cnn(C)c2)cc1.Cl. The molecule has 1 saturated heterocycles. The first-order valence-corrected chi connectivity index (χ1v) is 10.6. The van der Waals surface area contributed by atoms with E-state index in [1.54, 1.807) is 35.1 Å². The number of aryl methyl sites for hydroxylation is 1. The number of amides is 1. The summed E-state index contributed by atoms with van der Waals surface area (Å²) in [6.45, 7) is 3.16. The van der Waals surface area contributed by atoms with Crippen LogP contribution in [0.3, 0.4) is 0 Å². The Balaban J connectivity index is 0.00000280. The van der Waals surface area contributed by atoms with Gasteiger partial charge >= 0.3 is 0 Å². The fraction of sp³-hybridized carbons (Fsp3) is 0.444. The van der Waals surface area contributed by atoms with Crippen molar-refractivity contribution in [3.05, 3.63) is 42.2 Å². The van der Waals surface area contributed by atoms with Crippen LogP contribution in [-0.4, -0.2) is 42.9 Å². The van der Waals surface area contributed by atoms with Crippen LogP contribution in [0.25, 0.3) is 0 Å². The number of hydrogen-bond donors (Lipinski definition) is 3. The Morgan fingerprint density at radius 1 is 1.25 bits per heavy atom. The van der Waals surface area contributed by atoms with E-state index in [9.17, 15) is 13.2 Å². The quantitative estimate of drug-likeness (QED) is 0.626. The van der Waals surface area contributed by atoms with E-state index < -0.39 is 10.0 Å². The van der Waals surface area contributed by atoms with Gasteiger partial charge in [0.25, 0.3) is 0 Å². The highest BCUT2D eigenvalue weighted by Gasteiger charge is 2.34. The number of anilines is 2. The molecule has 1 aliphatic heterocycles. The Bertz CT molecular complexity index is 898. The van der Waals surface area contributed by atoms with E-state index in [2.05, 4.69) is 20.5 Å². The summed E-state index contributed by atoms with van der Waals surface area (Å²) in [6.07, 6.45) is 4.29. The predicted molar refractivity (Wildman–Crippen MR) is 112 cm³/mol. The molecule has 0 saturated carbocycles. The molecule has 0 spiro atoms. The second kappa shape index (κ2) is 9.40. The molecule has 1 aliphatic rings. The van der Waals surface area contributed by atoms with Crippen LogP contribution >= 0.6 is 12.4 Å². The first kappa shape index (κ1) is 22.2. The minimum atomic E-state index is -3.32. The van der Waals surface area contributed by atoms with Gasteiger partial charge in [0.1, 0.15) is 0 Å². The van der Waals surface area contributed by atoms with Crippen molar-refractivity contribution in [2.45, 2.75) is 19.3 Å². The van der Waals surface area contributed by atoms with Crippen LogP contribution in [0.4, 0.5) is 11.4 Å². The topological polar surface area (TPSA) is 105 Å². The van der Waals surface area contributed by atoms with Gasteiger partial charge in [-0.05, 0) is 36.2 Å². The van der Waals surface area contributed by atoms with Gasteiger partial charge in [0.15, 0.2) is 0 Å². The van der Waals surface area contributed by atoms with Gasteiger partial charge in [0.05, 0.1) is 17.9 Å². The number of rotatable bonds is 7. The third kappa shape index (κ3) is 5.46. The van der Waals surface area contributed by atoms with Gasteiger partial charge in [0.2, 0.25) is 15.9 Å². The maximum Gasteiger partial charge on any atom is 0.232 e. The number of sulfonamides is 1. The van der Waals surface area contributed by atoms with E-state index >= 15 is 0 Å². The van der Waals surface area contributed by atoms with Crippen molar-refractivity contribution >= 4 is 39.7 Å². The number of halogens is 1. The van der Waals surface area contributed by atoms with Crippen molar-refractivity contribution in [1.29, 1.82) is 0 Å². The van der Waals surface area contributed by atoms with Gasteiger partial charge in [-0.2, -0.15) is 5.10 Å². The molecule has 154 valence electrons. The molecule has 1 amide bonds. The minimum absolute atomic E-state index is 0. The monoisotopic (exact) mass is 427 g/mol. The molecule has 0 bridgehead atoms. The second-order valence-electron chi connectivity index (χ2n) is 6.81. The maximum absolute atomic E-state index is 12.7. The Morgan fingerprint density at radius 3 is 2.54 bits per heavy atom. The number of nitrogens with one attached hydrogen (secondary N) is 3. The molecule has 2 aromatic rings. The summed E-state index contributed by atoms with van der Waals surface area (Å²) in [5.74, 6) is -0.0838. The number of nitrogens with zero attached hydrogens (tertiary/aromatic N) is 2. The molecule has 2 atom stereocenters. The number of hydrogen-bond acceptors (Lipinski definition) is 5. The van der Waals surface area contributed by atoms with E-state index in [-0.39, 0.29) is 35.9 Å². The van der Waals surface area contributed by atoms with Crippen LogP contribution in [0.15, 0.2) is 36.7 Å². The minimum Gasteiger partial charge on any atom is -0.326 e. The first-order chi connectivity index (χ1) is 12.9. The third-order valence-corrected chi connectivity index (χ3v) is 6.10. The summed E-state index contributed by atoms with van der Waals surface area (Å²) in [6, 6.07) is 6.69. The molecule has 0 radical (unpaired) electrons. The molecule has 2 heterocycles. The lowest BCUT2D eigenvalue weighted by atomic mass is 9.90. The molecule has 28 heavy (non-hydrogen) atoms. The summed E-state index contributed by atoms with van der Waals surface area (Å²) in [5, 5.41) is 10.4. The molecule has 3 rings (SSSR count). The van der Waals surface area contributed by atoms with Crippen molar-refractivity contribution in [1.82, 2.24) is 15.1 Å². The third-order valence-electron chi connectivity index (χ3n) is 4.60. The number of aromatic nitrogens is 2. The maximum atomic E-state index is 12.7. The molecule has 8 nitrogen and oxygen atoms in total. The highest BCUT2D eigenvalue weighted by atomic mass is 35.5. The molecule has 0 unspecified atom stereocenters. The van der Waals surface area contributed by atoms with Gasteiger partial charge in [0, 0.05) is 43.6 Å². The van der Waals surface area contributed by atoms with Gasteiger partial charge < -0.3 is 10.6 Å². The van der Waals surface area contributed by atoms with Crippen LogP contribution in [-0.2, 0) is 21.9 Å². The van der Waals surface area contributed by atoms with E-state index in [1.165, 1.54) is 0 Å². The fourth-order valence-corrected chi connectivity index (χ4v) is 4.43. The standard InChI is InChI=1S/C18H25N5O3S.ClH/c1-3-8-27(25,26)22-15-6-4-14(5-7-15)21-18(24)17-11-19-10-16(17)13-9-20-23(2)12-13;/h4-7,9,12,16-17,19,22H,3,8,10-11H2,1-2H3,(H,21,24);1H/t16-,17+;/m1./s1. The molecule has 10 heteroatoms. The highest BCUT2D eigenvalue weighted by molar-refractivity contribution is 7.92. The fourth-order valence-electron chi connectivity index (χ4n) is 3.29. The van der Waals surface area contributed by atoms with E-state index in [1.807, 2.05) is 20.2 Å². The summed E-state index contributed by atoms with van der Waals surface area (Å²) >= 11 is 0. The van der Waals surface area contributed by atoms with Crippen LogP contribution in [0.1, 0.15) is 24.8 Å². The molecule has 0 aliphatic carbocycles. The van der Waals surface area contributed by atoms with Crippen molar-refractivity contribution in [2.75, 3.05) is 28.9 Å². The van der Waals surface area contributed by atoms with Crippen molar-refractivity contribution in [3.8, 4) is 0 Å². The first-order valence-electron chi connectivity index (χ1n) is 8.98. The van der Waals surface area contributed by atoms with E-state index in [0.29, 0.717) is 24.3 Å². The average Bonchev–Trinajstić information content (AvgIpc) is 3.24. The van der Waals surface area contributed by atoms with E-state index in [4.69, 9.17) is 0 Å². The van der Waals surface area contributed by atoms with Crippen molar-refractivity contribution < 1.29 is 13.2 Å². The molecular weight excluding hydrogens is 402 g/mol. The zero-order valence-corrected chi connectivity index (χ0v) is 17.5. The lowest BCUT2D eigenvalue weighted by Gasteiger charge is -2.17. The zero-order chi connectivity index (χ0) is 19.4. The van der Waals surface area contributed by atoms with Gasteiger partial charge in [-0.1, -0.05) is 6.92 Å². The largest absolute Gasteiger partial charge is 0.326 e. The Hall–Kier alpha value is -2.10. The van der Waals surface area contributed by atoms with Gasteiger partial charge in [-0.15, -0.1) is 12.4 Å². The smallest absolute Gasteiger partial charge is 0.232 e. The average molecular weight is 428 g/mol. The van der Waals surface area contributed by atoms with Crippen molar-refractivity contribution in [2.24, 2.45) is 13.0 Å². The summed E-state index contributed by atoms with van der Waals surface area (Å²) in [4.78, 5) is 12.7. The predicted octanol–water partition coefficient (Wildman–Crippen LogP) is 1.94. The number of benzene rings is 1. The summed E-state index contributed by atoms with van der Waals surface area (Å²) in [5.41, 5.74) is 2.16. The zero-order valence-electron chi connectivity index (χ0n) is 15.9. The van der Waals surface area contributed by atoms with Gasteiger partial charge in [-0.25, -0.2) is 8.42 Å². The molecule has 3 N–H and O–H groups in total. The van der Waals surface area contributed by atoms with Crippen LogP contribution < -0.4 is 15.4 Å². The van der Waals surface area contributed by atoms with Crippen LogP contribution in [0, 0.1) is 5.92 Å². The molecule has 1 aromatic carbocycles. The highest BCUT2D eigenvalue weighted by Crippen LogP contribution is 2.29. The lowest BCUT2D eigenvalue weighted by molar-refractivity contribution is -0.119. The lowest BCUT2D eigenvalue weighted by Crippen LogP contribution is -2.28. The van der Waals surface area contributed by atoms with Crippen molar-refractivity contribution in [3.63, 3.8) is 0 Å². The Kier molecular flexibility index (Phi) is 7.45. The summed E-state index contributed by atoms with van der Waals surface area (Å²) in [7, 11) is -1.46. The van der Waals surface area contributed by atoms with Crippen LogP contribution in [0.2, 0.25) is 0 Å². The normalized spacial score (nSPS) is 19.1. The number of carbonyl (C=O) groups is 1. The Labute approximate surface area is 171 Å². The van der Waals surface area contributed by atoms with Crippen LogP contribution in [0.5, 0.6) is 0 Å². The molecular formula is C18H26ClN5O3S.